The minimum Gasteiger partial charge on any atom is -0.0654 e. The van der Waals surface area contributed by atoms with Crippen LogP contribution in [0.2, 0.25) is 0 Å². The lowest BCUT2D eigenvalue weighted by Gasteiger charge is -2.11. The zero-order chi connectivity index (χ0) is 38.9. The molecule has 0 aromatic rings. The minimum atomic E-state index is 0.955. The lowest BCUT2D eigenvalue weighted by atomic mass is 9.95. The molecule has 3 unspecified atom stereocenters. The van der Waals surface area contributed by atoms with E-state index in [0.29, 0.717) is 0 Å². The highest BCUT2D eigenvalue weighted by atomic mass is 14.1. The highest BCUT2D eigenvalue weighted by Gasteiger charge is 2.04. The van der Waals surface area contributed by atoms with Crippen LogP contribution in [-0.4, -0.2) is 0 Å². The van der Waals surface area contributed by atoms with E-state index in [1.54, 1.807) is 0 Å². The zero-order valence-electron chi connectivity index (χ0n) is 38.9. The third-order valence-electron chi connectivity index (χ3n) is 11.1. The molecule has 0 spiro atoms. The summed E-state index contributed by atoms with van der Waals surface area (Å²) in [6, 6.07) is 0. The highest BCUT2D eigenvalue weighted by molar-refractivity contribution is 4.57. The molecule has 3 atom stereocenters. The van der Waals surface area contributed by atoms with Crippen LogP contribution in [0.15, 0.2) is 0 Å². The Morgan fingerprint density at radius 1 is 0.220 bits per heavy atom. The van der Waals surface area contributed by atoms with Crippen LogP contribution in [0.4, 0.5) is 0 Å². The maximum Gasteiger partial charge on any atom is -0.0417 e. The second-order valence-corrected chi connectivity index (χ2v) is 16.1. The second kappa shape index (κ2) is 58.3. The molecule has 0 saturated carbocycles. The molecule has 0 aliphatic heterocycles. The fraction of sp³-hybridized carbons (Fsp3) is 1.00. The number of rotatable bonds is 31. The first-order valence-corrected chi connectivity index (χ1v) is 24.3. The summed E-state index contributed by atoms with van der Waals surface area (Å²) < 4.78 is 0. The second-order valence-electron chi connectivity index (χ2n) is 16.1. The van der Waals surface area contributed by atoms with Gasteiger partial charge in [0.1, 0.15) is 0 Å². The van der Waals surface area contributed by atoms with E-state index in [1.165, 1.54) is 205 Å². The number of unbranched alkanes of at least 4 members (excludes halogenated alkanes) is 14. The van der Waals surface area contributed by atoms with Gasteiger partial charge >= 0.3 is 0 Å². The lowest BCUT2D eigenvalue weighted by Crippen LogP contribution is -1.97. The molecule has 0 rings (SSSR count). The topological polar surface area (TPSA) is 0 Å². The van der Waals surface area contributed by atoms with Crippen LogP contribution in [0, 0.1) is 23.7 Å². The van der Waals surface area contributed by atoms with E-state index in [4.69, 9.17) is 0 Å². The molecular formula is C50H110. The van der Waals surface area contributed by atoms with Crippen molar-refractivity contribution in [1.82, 2.24) is 0 Å². The van der Waals surface area contributed by atoms with Crippen LogP contribution >= 0.6 is 0 Å². The maximum atomic E-state index is 2.35. The summed E-state index contributed by atoms with van der Waals surface area (Å²) >= 11 is 0. The van der Waals surface area contributed by atoms with Gasteiger partial charge < -0.3 is 0 Å². The fourth-order valence-corrected chi connectivity index (χ4v) is 6.62. The Labute approximate surface area is 325 Å². The van der Waals surface area contributed by atoms with Crippen molar-refractivity contribution in [3.63, 3.8) is 0 Å². The fourth-order valence-electron chi connectivity index (χ4n) is 6.62. The smallest absolute Gasteiger partial charge is 0.0417 e. The van der Waals surface area contributed by atoms with Gasteiger partial charge in [0, 0.05) is 0 Å². The maximum absolute atomic E-state index is 2.35. The third kappa shape index (κ3) is 60.1. The quantitative estimate of drug-likeness (QED) is 0.0628. The molecule has 0 aliphatic carbocycles. The summed E-state index contributed by atoms with van der Waals surface area (Å²) in [5.74, 6) is 4.00. The van der Waals surface area contributed by atoms with Crippen molar-refractivity contribution in [2.24, 2.45) is 23.7 Å². The SMILES string of the molecule is CCCCC(CC)CCC.CCCCC(CC)CCC.CCCCCC(CC)CC.CCCCCCC(C)CC.CCCCCCCCCC. The van der Waals surface area contributed by atoms with Crippen LogP contribution in [-0.2, 0) is 0 Å². The minimum absolute atomic E-state index is 0.955. The molecule has 0 amide bonds. The van der Waals surface area contributed by atoms with E-state index in [-0.39, 0.29) is 0 Å². The molecule has 0 fully saturated rings. The molecule has 0 N–H and O–H groups in total. The Bertz CT molecular complexity index is 450. The van der Waals surface area contributed by atoms with Crippen molar-refractivity contribution in [2.75, 3.05) is 0 Å². The molecule has 0 heterocycles. The summed E-state index contributed by atoms with van der Waals surface area (Å²) in [7, 11) is 0. The predicted molar refractivity (Wildman–Crippen MR) is 241 cm³/mol. The molecule has 0 aromatic carbocycles. The molecule has 0 heteroatoms. The van der Waals surface area contributed by atoms with Crippen LogP contribution in [0.5, 0.6) is 0 Å². The first kappa shape index (κ1) is 59.3. The highest BCUT2D eigenvalue weighted by Crippen LogP contribution is 2.19. The number of hydrogen-bond donors (Lipinski definition) is 0. The summed E-state index contributed by atoms with van der Waals surface area (Å²) in [6.07, 6.45) is 45.3. The zero-order valence-corrected chi connectivity index (χ0v) is 38.9. The first-order chi connectivity index (χ1) is 24.3. The van der Waals surface area contributed by atoms with Crippen LogP contribution in [0.25, 0.3) is 0 Å². The standard InChI is InChI=1S/5C10H22/c1-4-6-7-8-9-10(3)5-2;1-4-7-8-9-10(5-2)6-3;2*1-4-7-9-10(6-3)8-5-2;1-3-5-7-9-10-8-6-4-2/h4*10H,4-9H2,1-3H3;3-10H2,1-2H3. The van der Waals surface area contributed by atoms with E-state index < -0.39 is 0 Å². The molecule has 0 saturated heterocycles. The van der Waals surface area contributed by atoms with Gasteiger partial charge in [-0.25, -0.2) is 0 Å². The van der Waals surface area contributed by atoms with Crippen molar-refractivity contribution >= 4 is 0 Å². The molecule has 0 bridgehead atoms. The van der Waals surface area contributed by atoms with E-state index in [2.05, 4.69) is 96.9 Å². The van der Waals surface area contributed by atoms with Crippen molar-refractivity contribution in [3.8, 4) is 0 Å². The average Bonchev–Trinajstić information content (AvgIpc) is 3.14. The van der Waals surface area contributed by atoms with Gasteiger partial charge in [-0.1, -0.05) is 302 Å². The average molecular weight is 711 g/mol. The van der Waals surface area contributed by atoms with Gasteiger partial charge in [-0.3, -0.25) is 0 Å². The van der Waals surface area contributed by atoms with Gasteiger partial charge in [0.25, 0.3) is 0 Å². The summed E-state index contributed by atoms with van der Waals surface area (Å²) in [5.41, 5.74) is 0. The normalized spacial score (nSPS) is 12.3. The molecule has 310 valence electrons. The molecular weight excluding hydrogens is 601 g/mol. The molecule has 0 aromatic heterocycles. The van der Waals surface area contributed by atoms with Gasteiger partial charge in [0.15, 0.2) is 0 Å². The van der Waals surface area contributed by atoms with Crippen LogP contribution < -0.4 is 0 Å². The van der Waals surface area contributed by atoms with E-state index in [1.807, 2.05) is 0 Å². The molecule has 0 radical (unpaired) electrons. The molecule has 0 aliphatic rings. The Hall–Kier alpha value is 0. The first-order valence-electron chi connectivity index (χ1n) is 24.3. The molecule has 0 nitrogen and oxygen atoms in total. The Morgan fingerprint density at radius 3 is 0.800 bits per heavy atom. The van der Waals surface area contributed by atoms with Gasteiger partial charge in [-0.2, -0.15) is 0 Å². The van der Waals surface area contributed by atoms with Gasteiger partial charge in [-0.05, 0) is 23.7 Å². The van der Waals surface area contributed by atoms with Crippen molar-refractivity contribution < 1.29 is 0 Å². The summed E-state index contributed by atoms with van der Waals surface area (Å²) in [4.78, 5) is 0. The Kier molecular flexibility index (Phi) is 69.1. The lowest BCUT2D eigenvalue weighted by molar-refractivity contribution is 0.417. The van der Waals surface area contributed by atoms with E-state index in [9.17, 15) is 0 Å². The van der Waals surface area contributed by atoms with Gasteiger partial charge in [0.05, 0.1) is 0 Å². The van der Waals surface area contributed by atoms with Crippen molar-refractivity contribution in [2.45, 2.75) is 302 Å². The predicted octanol–water partition coefficient (Wildman–Crippen LogP) is 20.2. The monoisotopic (exact) mass is 711 g/mol. The third-order valence-corrected chi connectivity index (χ3v) is 11.1. The van der Waals surface area contributed by atoms with Crippen LogP contribution in [0.3, 0.4) is 0 Å². The Morgan fingerprint density at radius 2 is 0.500 bits per heavy atom. The largest absolute Gasteiger partial charge is 0.0654 e. The van der Waals surface area contributed by atoms with Gasteiger partial charge in [-0.15, -0.1) is 0 Å². The summed E-state index contributed by atoms with van der Waals surface area (Å²) in [5, 5.41) is 0. The van der Waals surface area contributed by atoms with Crippen LogP contribution in [0.1, 0.15) is 302 Å². The Balaban J connectivity index is -0.000000169. The van der Waals surface area contributed by atoms with Crippen molar-refractivity contribution in [1.29, 1.82) is 0 Å². The molecule has 50 heavy (non-hydrogen) atoms. The van der Waals surface area contributed by atoms with Crippen molar-refractivity contribution in [3.05, 3.63) is 0 Å². The van der Waals surface area contributed by atoms with Gasteiger partial charge in [0.2, 0.25) is 0 Å². The number of hydrogen-bond acceptors (Lipinski definition) is 0. The summed E-state index contributed by atoms with van der Waals surface area (Å²) in [6.45, 7) is 32.1. The van der Waals surface area contributed by atoms with E-state index in [0.717, 1.165) is 23.7 Å². The van der Waals surface area contributed by atoms with E-state index >= 15 is 0 Å².